The Morgan fingerprint density at radius 1 is 0.932 bits per heavy atom. The van der Waals surface area contributed by atoms with E-state index in [1.165, 1.54) is 36.3 Å². The van der Waals surface area contributed by atoms with Gasteiger partial charge in [-0.3, -0.25) is 4.79 Å². The summed E-state index contributed by atoms with van der Waals surface area (Å²) in [5.41, 5.74) is 2.58. The molecule has 0 N–H and O–H groups in total. The topological polar surface area (TPSA) is 140 Å². The lowest BCUT2D eigenvalue weighted by atomic mass is 10.1. The highest BCUT2D eigenvalue weighted by atomic mass is 19.1. The monoisotopic (exact) mass is 609 g/mol. The number of benzene rings is 2. The molecule has 232 valence electrons. The third-order valence-electron chi connectivity index (χ3n) is 6.70. The number of carbonyl (C=O) groups is 1. The lowest BCUT2D eigenvalue weighted by molar-refractivity contribution is -0.112. The van der Waals surface area contributed by atoms with Crippen molar-refractivity contribution < 1.29 is 37.4 Å². The zero-order valence-corrected chi connectivity index (χ0v) is 24.4. The summed E-state index contributed by atoms with van der Waals surface area (Å²) in [6.07, 6.45) is 1.78. The minimum atomic E-state index is -0.458. The van der Waals surface area contributed by atoms with E-state index in [2.05, 4.69) is 15.5 Å². The molecule has 0 radical (unpaired) electrons. The lowest BCUT2D eigenvalue weighted by Crippen LogP contribution is -2.33. The van der Waals surface area contributed by atoms with Gasteiger partial charge in [-0.2, -0.15) is 0 Å². The molecule has 2 aromatic carbocycles. The molecule has 13 nitrogen and oxygen atoms in total. The highest BCUT2D eigenvalue weighted by Crippen LogP contribution is 2.30. The van der Waals surface area contributed by atoms with Gasteiger partial charge in [0.15, 0.2) is 5.71 Å². The van der Waals surface area contributed by atoms with Crippen molar-refractivity contribution >= 4 is 28.3 Å². The third kappa shape index (κ3) is 7.64. The molecule has 0 spiro atoms. The Balaban J connectivity index is 0.919. The fourth-order valence-electron chi connectivity index (χ4n) is 4.61. The number of fused-ring (bicyclic) bond motifs is 2. The van der Waals surface area contributed by atoms with E-state index >= 15 is 0 Å². The molecule has 0 aliphatic carbocycles. The van der Waals surface area contributed by atoms with Crippen LogP contribution >= 0.6 is 0 Å². The SMILES string of the molecule is CO/N=C1\C(=O)N(CCOCCOCCOCCn2cc(COc3ccc4c(C)cc(=O)oc4c3)nn2)c2ccc(F)cc21. The molecule has 0 atom stereocenters. The number of oxime groups is 1. The van der Waals surface area contributed by atoms with Crippen LogP contribution in [-0.4, -0.2) is 79.9 Å². The van der Waals surface area contributed by atoms with E-state index < -0.39 is 11.4 Å². The van der Waals surface area contributed by atoms with Gasteiger partial charge in [0.05, 0.1) is 58.1 Å². The van der Waals surface area contributed by atoms with Gasteiger partial charge in [-0.25, -0.2) is 13.9 Å². The molecule has 5 rings (SSSR count). The van der Waals surface area contributed by atoms with E-state index in [1.807, 2.05) is 19.1 Å². The number of ether oxygens (including phenoxy) is 4. The standard InChI is InChI=1S/C30H32FN5O8/c1-20-15-28(37)44-27-17-23(4-5-24(20)27)43-19-22-18-35(34-32-22)7-9-40-11-13-42-14-12-41-10-8-36-26-6-3-21(31)16-25(26)29(30(36)38)33-39-2/h3-6,15-18H,7-14,19H2,1-2H3/b33-29-. The molecule has 0 saturated carbocycles. The van der Waals surface area contributed by atoms with Crippen molar-refractivity contribution in [2.24, 2.45) is 5.16 Å². The first kappa shape index (κ1) is 30.8. The van der Waals surface area contributed by atoms with E-state index in [9.17, 15) is 14.0 Å². The first-order valence-electron chi connectivity index (χ1n) is 14.0. The van der Waals surface area contributed by atoms with Gasteiger partial charge < -0.3 is 33.1 Å². The molecule has 44 heavy (non-hydrogen) atoms. The minimum Gasteiger partial charge on any atom is -0.487 e. The van der Waals surface area contributed by atoms with Crippen LogP contribution < -0.4 is 15.3 Å². The number of carbonyl (C=O) groups excluding carboxylic acids is 1. The van der Waals surface area contributed by atoms with Crippen LogP contribution in [0.15, 0.2) is 63.0 Å². The molecule has 0 saturated heterocycles. The summed E-state index contributed by atoms with van der Waals surface area (Å²) in [5.74, 6) is -0.263. The van der Waals surface area contributed by atoms with Crippen LogP contribution in [0.1, 0.15) is 16.8 Å². The van der Waals surface area contributed by atoms with E-state index in [4.69, 9.17) is 28.2 Å². The quantitative estimate of drug-likeness (QED) is 0.106. The maximum atomic E-state index is 13.7. The Morgan fingerprint density at radius 2 is 1.68 bits per heavy atom. The Morgan fingerprint density at radius 3 is 2.45 bits per heavy atom. The van der Waals surface area contributed by atoms with Gasteiger partial charge >= 0.3 is 5.63 Å². The normalized spacial score (nSPS) is 13.7. The van der Waals surface area contributed by atoms with Gasteiger partial charge in [0, 0.05) is 29.6 Å². The third-order valence-corrected chi connectivity index (χ3v) is 6.70. The van der Waals surface area contributed by atoms with Gasteiger partial charge in [0.2, 0.25) is 0 Å². The summed E-state index contributed by atoms with van der Waals surface area (Å²) < 4.78 is 43.1. The number of nitrogens with zero attached hydrogens (tertiary/aromatic N) is 5. The molecular weight excluding hydrogens is 577 g/mol. The summed E-state index contributed by atoms with van der Waals surface area (Å²) in [6, 6.07) is 10.9. The molecule has 0 fully saturated rings. The van der Waals surface area contributed by atoms with E-state index in [-0.39, 0.29) is 31.4 Å². The zero-order chi connectivity index (χ0) is 30.9. The highest BCUT2D eigenvalue weighted by Gasteiger charge is 2.34. The molecule has 14 heteroatoms. The largest absolute Gasteiger partial charge is 0.487 e. The van der Waals surface area contributed by atoms with Crippen LogP contribution in [0.4, 0.5) is 10.1 Å². The zero-order valence-electron chi connectivity index (χ0n) is 24.4. The van der Waals surface area contributed by atoms with Crippen LogP contribution in [0.5, 0.6) is 5.75 Å². The number of hydrogen-bond acceptors (Lipinski definition) is 11. The number of rotatable bonds is 16. The van der Waals surface area contributed by atoms with Crippen molar-refractivity contribution in [3.8, 4) is 5.75 Å². The van der Waals surface area contributed by atoms with Crippen molar-refractivity contribution in [3.63, 3.8) is 0 Å². The first-order valence-corrected chi connectivity index (χ1v) is 14.0. The van der Waals surface area contributed by atoms with E-state index in [0.717, 1.165) is 10.9 Å². The molecule has 1 aliphatic rings. The Hall–Kier alpha value is -4.66. The smallest absolute Gasteiger partial charge is 0.336 e. The van der Waals surface area contributed by atoms with Crippen molar-refractivity contribution in [3.05, 3.63) is 81.7 Å². The van der Waals surface area contributed by atoms with Gasteiger partial charge in [-0.05, 0) is 42.8 Å². The van der Waals surface area contributed by atoms with Crippen molar-refractivity contribution in [1.82, 2.24) is 15.0 Å². The van der Waals surface area contributed by atoms with E-state index in [0.29, 0.717) is 67.9 Å². The second-order valence-electron chi connectivity index (χ2n) is 9.75. The second-order valence-corrected chi connectivity index (χ2v) is 9.75. The second kappa shape index (κ2) is 14.7. The average Bonchev–Trinajstić information content (AvgIpc) is 3.56. The predicted molar refractivity (Wildman–Crippen MR) is 156 cm³/mol. The van der Waals surface area contributed by atoms with Gasteiger partial charge in [-0.15, -0.1) is 5.10 Å². The molecular formula is C30H32FN5O8. The Labute approximate surface area is 251 Å². The lowest BCUT2D eigenvalue weighted by Gasteiger charge is -2.16. The van der Waals surface area contributed by atoms with Crippen LogP contribution in [-0.2, 0) is 37.0 Å². The minimum absolute atomic E-state index is 0.0639. The van der Waals surface area contributed by atoms with Crippen molar-refractivity contribution in [2.45, 2.75) is 20.1 Å². The molecule has 2 aromatic heterocycles. The van der Waals surface area contributed by atoms with Crippen LogP contribution in [0, 0.1) is 12.7 Å². The van der Waals surface area contributed by atoms with Crippen LogP contribution in [0.25, 0.3) is 11.0 Å². The Kier molecular flexibility index (Phi) is 10.3. The average molecular weight is 610 g/mol. The van der Waals surface area contributed by atoms with Crippen molar-refractivity contribution in [1.29, 1.82) is 0 Å². The van der Waals surface area contributed by atoms with Crippen LogP contribution in [0.3, 0.4) is 0 Å². The molecule has 0 unspecified atom stereocenters. The number of anilines is 1. The number of halogens is 1. The van der Waals surface area contributed by atoms with Gasteiger partial charge in [0.25, 0.3) is 5.91 Å². The highest BCUT2D eigenvalue weighted by molar-refractivity contribution is 6.54. The van der Waals surface area contributed by atoms with Gasteiger partial charge in [-0.1, -0.05) is 10.4 Å². The number of aromatic nitrogens is 3. The van der Waals surface area contributed by atoms with Gasteiger partial charge in [0.1, 0.15) is 36.6 Å². The summed E-state index contributed by atoms with van der Waals surface area (Å²) in [6.45, 7) is 5.06. The summed E-state index contributed by atoms with van der Waals surface area (Å²) in [5, 5.41) is 12.8. The number of amides is 1. The molecule has 1 amide bonds. The fourth-order valence-corrected chi connectivity index (χ4v) is 4.61. The molecule has 4 aromatic rings. The Bertz CT molecular complexity index is 1690. The molecule has 0 bridgehead atoms. The summed E-state index contributed by atoms with van der Waals surface area (Å²) in [7, 11) is 1.33. The number of aryl methyl sites for hydroxylation is 1. The maximum absolute atomic E-state index is 13.7. The maximum Gasteiger partial charge on any atom is 0.336 e. The molecule has 3 heterocycles. The fraction of sp³-hybridized carbons (Fsp3) is 0.367. The first-order chi connectivity index (χ1) is 21.4. The van der Waals surface area contributed by atoms with Crippen LogP contribution in [0.2, 0.25) is 0 Å². The predicted octanol–water partition coefficient (Wildman–Crippen LogP) is 2.86. The molecule has 1 aliphatic heterocycles. The van der Waals surface area contributed by atoms with Crippen molar-refractivity contribution in [2.75, 3.05) is 58.2 Å². The summed E-state index contributed by atoms with van der Waals surface area (Å²) >= 11 is 0. The van der Waals surface area contributed by atoms with E-state index in [1.54, 1.807) is 16.9 Å². The number of hydrogen-bond donors (Lipinski definition) is 0. The summed E-state index contributed by atoms with van der Waals surface area (Å²) in [4.78, 5) is 30.5.